The molecule has 0 N–H and O–H groups in total. The maximum absolute atomic E-state index is 12.3. The third-order valence-corrected chi connectivity index (χ3v) is 1.94. The van der Waals surface area contributed by atoms with Crippen LogP contribution in [0.15, 0.2) is 16.9 Å². The number of halogens is 7. The molecule has 9 heteroatoms. The summed E-state index contributed by atoms with van der Waals surface area (Å²) in [7, 11) is 0. The molecule has 2 nitrogen and oxygen atoms in total. The van der Waals surface area contributed by atoms with E-state index in [1.54, 1.807) is 0 Å². The number of ether oxygens (including phenoxy) is 1. The van der Waals surface area contributed by atoms with Gasteiger partial charge in [0.15, 0.2) is 5.75 Å². The highest BCUT2D eigenvalue weighted by Crippen LogP contribution is 2.41. The summed E-state index contributed by atoms with van der Waals surface area (Å²) in [5.41, 5.74) is -1.60. The van der Waals surface area contributed by atoms with E-state index in [1.807, 2.05) is 0 Å². The fraction of sp³-hybridized carbons (Fsp3) is 0.286. The van der Waals surface area contributed by atoms with Crippen molar-refractivity contribution in [3.63, 3.8) is 0 Å². The second kappa shape index (κ2) is 4.11. The first-order valence-corrected chi connectivity index (χ1v) is 4.37. The van der Waals surface area contributed by atoms with Crippen LogP contribution in [0.3, 0.4) is 0 Å². The van der Waals surface area contributed by atoms with Gasteiger partial charge in [0.2, 0.25) is 0 Å². The Morgan fingerprint density at radius 2 is 1.62 bits per heavy atom. The van der Waals surface area contributed by atoms with Crippen LogP contribution < -0.4 is 4.74 Å². The summed E-state index contributed by atoms with van der Waals surface area (Å²) in [5, 5.41) is 0. The predicted molar refractivity (Wildman–Crippen MR) is 43.6 cm³/mol. The van der Waals surface area contributed by atoms with Crippen LogP contribution in [-0.2, 0) is 6.18 Å². The molecule has 0 saturated heterocycles. The zero-order valence-corrected chi connectivity index (χ0v) is 8.74. The quantitative estimate of drug-likeness (QED) is 0.737. The van der Waals surface area contributed by atoms with Crippen molar-refractivity contribution in [2.45, 2.75) is 12.5 Å². The Bertz CT molecular complexity index is 387. The highest BCUT2D eigenvalue weighted by atomic mass is 79.9. The van der Waals surface area contributed by atoms with Crippen molar-refractivity contribution >= 4 is 15.9 Å². The Kier molecular flexibility index (Phi) is 3.36. The largest absolute Gasteiger partial charge is 0.573 e. The van der Waals surface area contributed by atoms with E-state index in [9.17, 15) is 26.3 Å². The lowest BCUT2D eigenvalue weighted by atomic mass is 10.2. The van der Waals surface area contributed by atoms with Crippen LogP contribution in [0.2, 0.25) is 0 Å². The summed E-state index contributed by atoms with van der Waals surface area (Å²) in [6.45, 7) is 0. The van der Waals surface area contributed by atoms with Gasteiger partial charge in [-0.1, -0.05) is 0 Å². The van der Waals surface area contributed by atoms with Crippen molar-refractivity contribution < 1.29 is 31.1 Å². The van der Waals surface area contributed by atoms with Crippen molar-refractivity contribution in [3.8, 4) is 5.75 Å². The number of alkyl halides is 6. The lowest BCUT2D eigenvalue weighted by Crippen LogP contribution is -2.20. The van der Waals surface area contributed by atoms with Gasteiger partial charge in [-0.3, -0.25) is 4.98 Å². The third-order valence-electron chi connectivity index (χ3n) is 1.38. The summed E-state index contributed by atoms with van der Waals surface area (Å²) in [6.07, 6.45) is -9.15. The van der Waals surface area contributed by atoms with E-state index in [0.29, 0.717) is 0 Å². The molecule has 0 aliphatic heterocycles. The first-order chi connectivity index (χ1) is 7.11. The molecule has 1 aromatic rings. The number of nitrogens with zero attached hydrogens (tertiary/aromatic N) is 1. The van der Waals surface area contributed by atoms with Gasteiger partial charge in [-0.25, -0.2) is 0 Å². The minimum atomic E-state index is -5.20. The van der Waals surface area contributed by atoms with E-state index in [4.69, 9.17) is 0 Å². The molecular formula is C7H2BrF6NO. The number of aromatic nitrogens is 1. The molecule has 90 valence electrons. The molecule has 0 spiro atoms. The van der Waals surface area contributed by atoms with Gasteiger partial charge in [0.1, 0.15) is 5.56 Å². The van der Waals surface area contributed by atoms with E-state index in [1.165, 1.54) is 0 Å². The Balaban J connectivity index is 3.25. The molecule has 0 amide bonds. The zero-order valence-electron chi connectivity index (χ0n) is 7.16. The van der Waals surface area contributed by atoms with Crippen LogP contribution in [0.25, 0.3) is 0 Å². The molecular weight excluding hydrogens is 308 g/mol. The predicted octanol–water partition coefficient (Wildman–Crippen LogP) is 3.76. The summed E-state index contributed by atoms with van der Waals surface area (Å²) in [6, 6.07) is 0. The average molecular weight is 310 g/mol. The zero-order chi connectivity index (χ0) is 12.6. The van der Waals surface area contributed by atoms with Crippen LogP contribution in [-0.4, -0.2) is 11.3 Å². The summed E-state index contributed by atoms with van der Waals surface area (Å²) < 4.78 is 75.2. The maximum Gasteiger partial charge on any atom is 0.573 e. The topological polar surface area (TPSA) is 22.1 Å². The van der Waals surface area contributed by atoms with Crippen molar-refractivity contribution in [1.82, 2.24) is 4.98 Å². The van der Waals surface area contributed by atoms with Gasteiger partial charge in [0.05, 0.1) is 4.47 Å². The first-order valence-electron chi connectivity index (χ1n) is 3.57. The standard InChI is InChI=1S/C7H2BrF6NO/c8-4-2-15-1-3(6(9,10)11)5(4)16-7(12,13)14/h1-2H. The third kappa shape index (κ3) is 3.26. The summed E-state index contributed by atoms with van der Waals surface area (Å²) in [5.74, 6) is -1.35. The van der Waals surface area contributed by atoms with Gasteiger partial charge in [-0.15, -0.1) is 13.2 Å². The van der Waals surface area contributed by atoms with Gasteiger partial charge in [-0.05, 0) is 15.9 Å². The maximum atomic E-state index is 12.3. The average Bonchev–Trinajstić information content (AvgIpc) is 2.04. The van der Waals surface area contributed by atoms with Crippen molar-refractivity contribution in [2.75, 3.05) is 0 Å². The number of hydrogen-bond donors (Lipinski definition) is 0. The molecule has 1 aromatic heterocycles. The molecule has 0 fully saturated rings. The van der Waals surface area contributed by atoms with Gasteiger partial charge < -0.3 is 4.74 Å². The van der Waals surface area contributed by atoms with Gasteiger partial charge >= 0.3 is 12.5 Å². The van der Waals surface area contributed by atoms with Crippen LogP contribution in [0.1, 0.15) is 5.56 Å². The molecule has 0 aromatic carbocycles. The molecule has 16 heavy (non-hydrogen) atoms. The summed E-state index contributed by atoms with van der Waals surface area (Å²) >= 11 is 2.50. The van der Waals surface area contributed by atoms with Crippen molar-refractivity contribution in [3.05, 3.63) is 22.4 Å². The summed E-state index contributed by atoms with van der Waals surface area (Å²) in [4.78, 5) is 3.13. The van der Waals surface area contributed by atoms with Crippen LogP contribution >= 0.6 is 15.9 Å². The SMILES string of the molecule is FC(F)(F)Oc1c(Br)cncc1C(F)(F)F. The highest BCUT2D eigenvalue weighted by molar-refractivity contribution is 9.10. The van der Waals surface area contributed by atoms with Crippen molar-refractivity contribution in [1.29, 1.82) is 0 Å². The van der Waals surface area contributed by atoms with E-state index in [2.05, 4.69) is 25.7 Å². The van der Waals surface area contributed by atoms with Gasteiger partial charge in [0, 0.05) is 12.4 Å². The lowest BCUT2D eigenvalue weighted by Gasteiger charge is -2.15. The molecule has 1 rings (SSSR count). The Hall–Kier alpha value is -0.990. The van der Waals surface area contributed by atoms with Crippen LogP contribution in [0, 0.1) is 0 Å². The molecule has 0 bridgehead atoms. The number of rotatable bonds is 1. The molecule has 0 unspecified atom stereocenters. The normalized spacial score (nSPS) is 12.7. The Labute approximate surface area is 93.4 Å². The lowest BCUT2D eigenvalue weighted by molar-refractivity contribution is -0.276. The fourth-order valence-corrected chi connectivity index (χ4v) is 1.26. The molecule has 0 saturated carbocycles. The monoisotopic (exact) mass is 309 g/mol. The minimum Gasteiger partial charge on any atom is -0.404 e. The molecule has 0 radical (unpaired) electrons. The molecule has 0 aliphatic rings. The number of hydrogen-bond acceptors (Lipinski definition) is 2. The highest BCUT2D eigenvalue weighted by Gasteiger charge is 2.40. The van der Waals surface area contributed by atoms with Gasteiger partial charge in [-0.2, -0.15) is 13.2 Å². The van der Waals surface area contributed by atoms with Crippen molar-refractivity contribution in [2.24, 2.45) is 0 Å². The van der Waals surface area contributed by atoms with E-state index in [-0.39, 0.29) is 6.20 Å². The molecule has 0 aliphatic carbocycles. The second-order valence-corrected chi connectivity index (χ2v) is 3.40. The van der Waals surface area contributed by atoms with Crippen LogP contribution in [0.4, 0.5) is 26.3 Å². The van der Waals surface area contributed by atoms with E-state index < -0.39 is 28.3 Å². The van der Waals surface area contributed by atoms with Gasteiger partial charge in [0.25, 0.3) is 0 Å². The fourth-order valence-electron chi connectivity index (χ4n) is 0.845. The Morgan fingerprint density at radius 3 is 2.06 bits per heavy atom. The number of pyridine rings is 1. The van der Waals surface area contributed by atoms with Crippen LogP contribution in [0.5, 0.6) is 5.75 Å². The minimum absolute atomic E-state index is 0.256. The molecule has 1 heterocycles. The molecule has 0 atom stereocenters. The first kappa shape index (κ1) is 13.1. The van der Waals surface area contributed by atoms with E-state index in [0.717, 1.165) is 6.20 Å². The smallest absolute Gasteiger partial charge is 0.404 e. The Morgan fingerprint density at radius 1 is 1.06 bits per heavy atom. The van der Waals surface area contributed by atoms with E-state index >= 15 is 0 Å². The second-order valence-electron chi connectivity index (χ2n) is 2.54.